The van der Waals surface area contributed by atoms with Gasteiger partial charge in [-0.05, 0) is 24.3 Å². The Morgan fingerprint density at radius 2 is 1.53 bits per heavy atom. The van der Waals surface area contributed by atoms with Crippen LogP contribution in [0.4, 0.5) is 0 Å². The molecular formula is C10H9NO3S. The summed E-state index contributed by atoms with van der Waals surface area (Å²) in [6.45, 7) is 0. The van der Waals surface area contributed by atoms with Gasteiger partial charge in [-0.15, -0.1) is 0 Å². The first kappa shape index (κ1) is 9.79. The monoisotopic (exact) mass is 223 g/mol. The van der Waals surface area contributed by atoms with Crippen molar-refractivity contribution in [3.05, 3.63) is 54.9 Å². The van der Waals surface area contributed by atoms with E-state index in [9.17, 15) is 8.42 Å². The lowest BCUT2D eigenvalue weighted by Crippen LogP contribution is -2.18. The van der Waals surface area contributed by atoms with E-state index in [-0.39, 0.29) is 4.90 Å². The Balaban J connectivity index is 2.29. The maximum Gasteiger partial charge on any atom is 0.357 e. The maximum absolute atomic E-state index is 11.7. The van der Waals surface area contributed by atoms with Crippen molar-refractivity contribution in [1.82, 2.24) is 4.73 Å². The lowest BCUT2D eigenvalue weighted by Gasteiger charge is -2.05. The van der Waals surface area contributed by atoms with E-state index in [1.807, 2.05) is 0 Å². The fourth-order valence-corrected chi connectivity index (χ4v) is 2.01. The topological polar surface area (TPSA) is 48.3 Å². The third-order valence-corrected chi connectivity index (χ3v) is 3.01. The average Bonchev–Trinajstić information content (AvgIpc) is 2.71. The molecule has 2 aromatic rings. The maximum atomic E-state index is 11.7. The van der Waals surface area contributed by atoms with Gasteiger partial charge >= 0.3 is 10.1 Å². The summed E-state index contributed by atoms with van der Waals surface area (Å²) in [5.41, 5.74) is 0. The van der Waals surface area contributed by atoms with Crippen molar-refractivity contribution in [3.8, 4) is 0 Å². The molecule has 0 aliphatic carbocycles. The predicted molar refractivity (Wildman–Crippen MR) is 54.6 cm³/mol. The second-order valence-corrected chi connectivity index (χ2v) is 4.41. The standard InChI is InChI=1S/C10H9NO3S/c12-15(13,10-6-2-1-3-7-10)14-11-8-4-5-9-11/h1-9H. The molecule has 0 unspecified atom stereocenters. The van der Waals surface area contributed by atoms with Gasteiger partial charge in [0.25, 0.3) is 0 Å². The molecule has 1 aromatic carbocycles. The van der Waals surface area contributed by atoms with E-state index in [4.69, 9.17) is 4.28 Å². The number of hydrogen-bond acceptors (Lipinski definition) is 3. The highest BCUT2D eigenvalue weighted by atomic mass is 32.2. The zero-order valence-corrected chi connectivity index (χ0v) is 8.59. The fraction of sp³-hybridized carbons (Fsp3) is 0. The smallest absolute Gasteiger partial charge is 0.284 e. The molecule has 2 rings (SSSR count). The van der Waals surface area contributed by atoms with E-state index in [2.05, 4.69) is 0 Å². The Kier molecular flexibility index (Phi) is 2.47. The molecular weight excluding hydrogens is 214 g/mol. The minimum atomic E-state index is -3.72. The average molecular weight is 223 g/mol. The summed E-state index contributed by atoms with van der Waals surface area (Å²) < 4.78 is 29.3. The molecule has 0 N–H and O–H groups in total. The Morgan fingerprint density at radius 3 is 2.13 bits per heavy atom. The summed E-state index contributed by atoms with van der Waals surface area (Å²) in [5.74, 6) is 0. The number of nitrogens with zero attached hydrogens (tertiary/aromatic N) is 1. The molecule has 0 bridgehead atoms. The molecule has 0 aliphatic heterocycles. The summed E-state index contributed by atoms with van der Waals surface area (Å²) in [7, 11) is -3.72. The summed E-state index contributed by atoms with van der Waals surface area (Å²) >= 11 is 0. The summed E-state index contributed by atoms with van der Waals surface area (Å²) in [5, 5.41) is 0. The van der Waals surface area contributed by atoms with Crippen molar-refractivity contribution in [2.24, 2.45) is 0 Å². The van der Waals surface area contributed by atoms with E-state index in [0.29, 0.717) is 0 Å². The third kappa shape index (κ3) is 2.19. The quantitative estimate of drug-likeness (QED) is 0.788. The first-order valence-electron chi connectivity index (χ1n) is 4.31. The van der Waals surface area contributed by atoms with Crippen molar-refractivity contribution in [2.75, 3.05) is 0 Å². The second-order valence-electron chi connectivity index (χ2n) is 2.88. The molecule has 0 spiro atoms. The van der Waals surface area contributed by atoms with Gasteiger partial charge in [-0.1, -0.05) is 18.2 Å². The van der Waals surface area contributed by atoms with Crippen LogP contribution in [0.5, 0.6) is 0 Å². The van der Waals surface area contributed by atoms with Gasteiger partial charge < -0.3 is 0 Å². The summed E-state index contributed by atoms with van der Waals surface area (Å²) in [6, 6.07) is 11.4. The highest BCUT2D eigenvalue weighted by Crippen LogP contribution is 2.08. The van der Waals surface area contributed by atoms with E-state index in [0.717, 1.165) is 4.73 Å². The zero-order chi connectivity index (χ0) is 10.7. The van der Waals surface area contributed by atoms with Crippen LogP contribution in [-0.4, -0.2) is 13.1 Å². The second kappa shape index (κ2) is 3.78. The normalized spacial score (nSPS) is 11.2. The van der Waals surface area contributed by atoms with Crippen LogP contribution < -0.4 is 4.28 Å². The van der Waals surface area contributed by atoms with E-state index >= 15 is 0 Å². The lowest BCUT2D eigenvalue weighted by molar-refractivity contribution is 0.280. The van der Waals surface area contributed by atoms with Crippen LogP contribution in [0.2, 0.25) is 0 Å². The summed E-state index contributed by atoms with van der Waals surface area (Å²) in [4.78, 5) is 0.138. The van der Waals surface area contributed by atoms with Gasteiger partial charge in [0.1, 0.15) is 4.90 Å². The van der Waals surface area contributed by atoms with Gasteiger partial charge in [-0.2, -0.15) is 13.1 Å². The van der Waals surface area contributed by atoms with Crippen LogP contribution in [0, 0.1) is 0 Å². The number of hydrogen-bond donors (Lipinski definition) is 0. The molecule has 0 saturated heterocycles. The minimum absolute atomic E-state index is 0.138. The van der Waals surface area contributed by atoms with E-state index in [1.54, 1.807) is 30.3 Å². The first-order chi connectivity index (χ1) is 7.18. The molecule has 1 heterocycles. The van der Waals surface area contributed by atoms with Crippen LogP contribution in [0.15, 0.2) is 59.8 Å². The molecule has 15 heavy (non-hydrogen) atoms. The lowest BCUT2D eigenvalue weighted by atomic mass is 10.4. The first-order valence-corrected chi connectivity index (χ1v) is 5.72. The molecule has 5 heteroatoms. The van der Waals surface area contributed by atoms with Gasteiger partial charge in [0, 0.05) is 12.4 Å². The highest BCUT2D eigenvalue weighted by molar-refractivity contribution is 7.87. The molecule has 1 aromatic heterocycles. The Hall–Kier alpha value is -1.75. The third-order valence-electron chi connectivity index (χ3n) is 1.79. The van der Waals surface area contributed by atoms with Crippen LogP contribution in [-0.2, 0) is 10.1 Å². The molecule has 0 amide bonds. The molecule has 4 nitrogen and oxygen atoms in total. The molecule has 0 radical (unpaired) electrons. The Labute approximate surface area is 87.8 Å². The largest absolute Gasteiger partial charge is 0.357 e. The van der Waals surface area contributed by atoms with Crippen molar-refractivity contribution in [2.45, 2.75) is 4.90 Å². The fourth-order valence-electron chi connectivity index (χ4n) is 1.11. The van der Waals surface area contributed by atoms with Crippen molar-refractivity contribution < 1.29 is 12.7 Å². The SMILES string of the molecule is O=S(=O)(On1cccc1)c1ccccc1. The van der Waals surface area contributed by atoms with Crippen LogP contribution >= 0.6 is 0 Å². The Morgan fingerprint density at radius 1 is 0.933 bits per heavy atom. The number of benzene rings is 1. The van der Waals surface area contributed by atoms with Gasteiger partial charge in [0.15, 0.2) is 0 Å². The zero-order valence-electron chi connectivity index (χ0n) is 7.78. The van der Waals surface area contributed by atoms with Crippen LogP contribution in [0.25, 0.3) is 0 Å². The summed E-state index contributed by atoms with van der Waals surface area (Å²) in [6.07, 6.45) is 3.03. The molecule has 0 fully saturated rings. The highest BCUT2D eigenvalue weighted by Gasteiger charge is 2.15. The van der Waals surface area contributed by atoms with Crippen molar-refractivity contribution in [3.63, 3.8) is 0 Å². The van der Waals surface area contributed by atoms with E-state index < -0.39 is 10.1 Å². The van der Waals surface area contributed by atoms with Crippen molar-refractivity contribution >= 4 is 10.1 Å². The molecule has 0 saturated carbocycles. The van der Waals surface area contributed by atoms with Crippen LogP contribution in [0.1, 0.15) is 0 Å². The predicted octanol–water partition coefficient (Wildman–Crippen LogP) is 1.31. The van der Waals surface area contributed by atoms with Gasteiger partial charge in [0.05, 0.1) is 0 Å². The molecule has 78 valence electrons. The number of rotatable bonds is 3. The van der Waals surface area contributed by atoms with E-state index in [1.165, 1.54) is 24.5 Å². The number of aromatic nitrogens is 1. The van der Waals surface area contributed by atoms with Gasteiger partial charge in [0.2, 0.25) is 0 Å². The molecule has 0 atom stereocenters. The van der Waals surface area contributed by atoms with Gasteiger partial charge in [-0.3, -0.25) is 4.28 Å². The van der Waals surface area contributed by atoms with Gasteiger partial charge in [-0.25, -0.2) is 0 Å². The minimum Gasteiger partial charge on any atom is -0.284 e. The molecule has 0 aliphatic rings. The van der Waals surface area contributed by atoms with Crippen LogP contribution in [0.3, 0.4) is 0 Å². The Bertz CT molecular complexity index is 517. The van der Waals surface area contributed by atoms with Crippen molar-refractivity contribution in [1.29, 1.82) is 0 Å².